The predicted molar refractivity (Wildman–Crippen MR) is 86.0 cm³/mol. The van der Waals surface area contributed by atoms with Crippen molar-refractivity contribution in [3.05, 3.63) is 28.8 Å². The Bertz CT molecular complexity index is 585. The number of halogens is 1. The molecule has 2 rings (SSSR count). The lowest BCUT2D eigenvalue weighted by Crippen LogP contribution is -2.41. The van der Waals surface area contributed by atoms with Gasteiger partial charge in [-0.15, -0.1) is 0 Å². The van der Waals surface area contributed by atoms with Gasteiger partial charge < -0.3 is 5.32 Å². The highest BCUT2D eigenvalue weighted by atomic mass is 35.5. The lowest BCUT2D eigenvalue weighted by molar-refractivity contribution is 0.249. The molecule has 0 atom stereocenters. The van der Waals surface area contributed by atoms with Gasteiger partial charge in [0, 0.05) is 24.7 Å². The van der Waals surface area contributed by atoms with E-state index in [9.17, 15) is 8.42 Å². The van der Waals surface area contributed by atoms with Gasteiger partial charge in [-0.1, -0.05) is 31.0 Å². The Morgan fingerprint density at radius 1 is 1.38 bits per heavy atom. The van der Waals surface area contributed by atoms with E-state index in [4.69, 9.17) is 11.6 Å². The molecule has 1 aromatic carbocycles. The highest BCUT2D eigenvalue weighted by Crippen LogP contribution is 2.30. The maximum Gasteiger partial charge on any atom is 0.243 e. The second-order valence-corrected chi connectivity index (χ2v) is 7.94. The first-order chi connectivity index (χ1) is 9.96. The Morgan fingerprint density at radius 2 is 2.10 bits per heavy atom. The van der Waals surface area contributed by atoms with Crippen LogP contribution >= 0.6 is 11.6 Å². The molecule has 0 aromatic heterocycles. The fourth-order valence-corrected chi connectivity index (χ4v) is 4.10. The standard InChI is InChI=1S/C15H23ClN2O2S/c1-3-9-17-11-12-7-8-14(10-15(12)16)21(19,20)18(2)13-5-4-6-13/h7-8,10,13,17H,3-6,9,11H2,1-2H3. The number of hydrogen-bond acceptors (Lipinski definition) is 3. The number of nitrogens with one attached hydrogen (secondary N) is 1. The molecule has 1 aliphatic carbocycles. The molecule has 21 heavy (non-hydrogen) atoms. The van der Waals surface area contributed by atoms with E-state index in [0.29, 0.717) is 11.6 Å². The van der Waals surface area contributed by atoms with Crippen LogP contribution in [0.15, 0.2) is 23.1 Å². The Kier molecular flexibility index (Phi) is 5.66. The van der Waals surface area contributed by atoms with Crippen LogP contribution in [-0.2, 0) is 16.6 Å². The summed E-state index contributed by atoms with van der Waals surface area (Å²) in [7, 11) is -1.78. The molecule has 0 amide bonds. The van der Waals surface area contributed by atoms with E-state index in [2.05, 4.69) is 12.2 Å². The Balaban J connectivity index is 2.14. The predicted octanol–water partition coefficient (Wildman–Crippen LogP) is 3.01. The van der Waals surface area contributed by atoms with Gasteiger partial charge in [-0.3, -0.25) is 0 Å². The van der Waals surface area contributed by atoms with Crippen LogP contribution in [0.3, 0.4) is 0 Å². The van der Waals surface area contributed by atoms with Crippen molar-refractivity contribution in [2.24, 2.45) is 0 Å². The average molecular weight is 331 g/mol. The molecular formula is C15H23ClN2O2S. The van der Waals surface area contributed by atoms with Crippen molar-refractivity contribution in [2.45, 2.75) is 50.1 Å². The summed E-state index contributed by atoms with van der Waals surface area (Å²) in [5.74, 6) is 0. The fraction of sp³-hybridized carbons (Fsp3) is 0.600. The van der Waals surface area contributed by atoms with E-state index in [-0.39, 0.29) is 10.9 Å². The molecule has 0 aliphatic heterocycles. The topological polar surface area (TPSA) is 49.4 Å². The summed E-state index contributed by atoms with van der Waals surface area (Å²) in [6.45, 7) is 3.67. The zero-order valence-corrected chi connectivity index (χ0v) is 14.2. The molecule has 0 spiro atoms. The van der Waals surface area contributed by atoms with Gasteiger partial charge in [-0.25, -0.2) is 8.42 Å². The SMILES string of the molecule is CCCNCc1ccc(S(=O)(=O)N(C)C2CCC2)cc1Cl. The molecule has 4 nitrogen and oxygen atoms in total. The number of nitrogens with zero attached hydrogens (tertiary/aromatic N) is 1. The third-order valence-corrected chi connectivity index (χ3v) is 6.29. The summed E-state index contributed by atoms with van der Waals surface area (Å²) in [4.78, 5) is 0.279. The van der Waals surface area contributed by atoms with Crippen molar-refractivity contribution in [1.29, 1.82) is 0 Å². The number of rotatable bonds is 7. The average Bonchev–Trinajstić information content (AvgIpc) is 2.38. The van der Waals surface area contributed by atoms with Crippen molar-refractivity contribution in [1.82, 2.24) is 9.62 Å². The van der Waals surface area contributed by atoms with Crippen LogP contribution in [0.1, 0.15) is 38.2 Å². The molecule has 118 valence electrons. The third kappa shape index (κ3) is 3.77. The van der Waals surface area contributed by atoms with Gasteiger partial charge in [0.25, 0.3) is 0 Å². The number of sulfonamides is 1. The minimum Gasteiger partial charge on any atom is -0.313 e. The summed E-state index contributed by atoms with van der Waals surface area (Å²) >= 11 is 6.22. The van der Waals surface area contributed by atoms with Crippen LogP contribution in [0, 0.1) is 0 Å². The smallest absolute Gasteiger partial charge is 0.243 e. The normalized spacial score (nSPS) is 16.2. The molecule has 1 aromatic rings. The first-order valence-electron chi connectivity index (χ1n) is 7.44. The third-order valence-electron chi connectivity index (χ3n) is 4.03. The molecule has 0 saturated heterocycles. The summed E-state index contributed by atoms with van der Waals surface area (Å²) < 4.78 is 26.6. The van der Waals surface area contributed by atoms with E-state index < -0.39 is 10.0 Å². The maximum absolute atomic E-state index is 12.5. The number of hydrogen-bond donors (Lipinski definition) is 1. The van der Waals surface area contributed by atoms with Gasteiger partial charge in [0.05, 0.1) is 4.90 Å². The second kappa shape index (κ2) is 7.09. The second-order valence-electron chi connectivity index (χ2n) is 5.54. The van der Waals surface area contributed by atoms with E-state index in [1.54, 1.807) is 25.2 Å². The molecule has 1 saturated carbocycles. The molecule has 0 unspecified atom stereocenters. The van der Waals surface area contributed by atoms with E-state index in [0.717, 1.165) is 37.8 Å². The zero-order valence-electron chi connectivity index (χ0n) is 12.6. The fourth-order valence-electron chi connectivity index (χ4n) is 2.34. The minimum absolute atomic E-state index is 0.139. The van der Waals surface area contributed by atoms with Crippen molar-refractivity contribution in [2.75, 3.05) is 13.6 Å². The minimum atomic E-state index is -3.44. The van der Waals surface area contributed by atoms with Crippen LogP contribution in [0.25, 0.3) is 0 Å². The van der Waals surface area contributed by atoms with Crippen molar-refractivity contribution < 1.29 is 8.42 Å². The molecule has 0 heterocycles. The first kappa shape index (κ1) is 16.7. The quantitative estimate of drug-likeness (QED) is 0.782. The molecule has 0 radical (unpaired) electrons. The van der Waals surface area contributed by atoms with Crippen molar-refractivity contribution in [3.63, 3.8) is 0 Å². The zero-order chi connectivity index (χ0) is 15.5. The van der Waals surface area contributed by atoms with Gasteiger partial charge in [0.2, 0.25) is 10.0 Å². The molecule has 6 heteroatoms. The summed E-state index contributed by atoms with van der Waals surface area (Å²) in [6.07, 6.45) is 4.05. The largest absolute Gasteiger partial charge is 0.313 e. The van der Waals surface area contributed by atoms with Crippen molar-refractivity contribution in [3.8, 4) is 0 Å². The van der Waals surface area contributed by atoms with Gasteiger partial charge >= 0.3 is 0 Å². The first-order valence-corrected chi connectivity index (χ1v) is 9.25. The van der Waals surface area contributed by atoms with Gasteiger partial charge in [-0.2, -0.15) is 4.31 Å². The molecule has 1 fully saturated rings. The lowest BCUT2D eigenvalue weighted by Gasteiger charge is -2.33. The van der Waals surface area contributed by atoms with E-state index in [1.807, 2.05) is 0 Å². The van der Waals surface area contributed by atoms with Crippen LogP contribution in [0.2, 0.25) is 5.02 Å². The van der Waals surface area contributed by atoms with Crippen LogP contribution in [0.4, 0.5) is 0 Å². The molecule has 1 aliphatic rings. The van der Waals surface area contributed by atoms with Gasteiger partial charge in [0.15, 0.2) is 0 Å². The van der Waals surface area contributed by atoms with Crippen molar-refractivity contribution >= 4 is 21.6 Å². The summed E-state index contributed by atoms with van der Waals surface area (Å²) in [6, 6.07) is 5.15. The Morgan fingerprint density at radius 3 is 2.62 bits per heavy atom. The lowest BCUT2D eigenvalue weighted by atomic mass is 9.94. The van der Waals surface area contributed by atoms with Gasteiger partial charge in [0.1, 0.15) is 0 Å². The van der Waals surface area contributed by atoms with Crippen LogP contribution in [0.5, 0.6) is 0 Å². The Labute approximate surface area is 132 Å². The summed E-state index contributed by atoms with van der Waals surface area (Å²) in [5.41, 5.74) is 0.926. The molecule has 0 bridgehead atoms. The summed E-state index contributed by atoms with van der Waals surface area (Å²) in [5, 5.41) is 3.77. The van der Waals surface area contributed by atoms with Crippen LogP contribution in [-0.4, -0.2) is 32.4 Å². The highest BCUT2D eigenvalue weighted by molar-refractivity contribution is 7.89. The molecule has 1 N–H and O–H groups in total. The highest BCUT2D eigenvalue weighted by Gasteiger charge is 2.31. The maximum atomic E-state index is 12.5. The van der Waals surface area contributed by atoms with Gasteiger partial charge in [-0.05, 0) is 43.5 Å². The van der Waals surface area contributed by atoms with Crippen LogP contribution < -0.4 is 5.32 Å². The monoisotopic (exact) mass is 330 g/mol. The Hall–Kier alpha value is -0.620. The number of benzene rings is 1. The van der Waals surface area contributed by atoms with E-state index >= 15 is 0 Å². The van der Waals surface area contributed by atoms with E-state index in [1.165, 1.54) is 4.31 Å². The molecular weight excluding hydrogens is 308 g/mol.